The number of fused-ring (bicyclic) bond motifs is 1. The minimum atomic E-state index is -0.0107. The summed E-state index contributed by atoms with van der Waals surface area (Å²) in [4.78, 5) is 29.1. The molecule has 1 saturated heterocycles. The lowest BCUT2D eigenvalue weighted by molar-refractivity contribution is 0.0531. The average Bonchev–Trinajstić information content (AvgIpc) is 3.10. The van der Waals surface area contributed by atoms with Gasteiger partial charge in [-0.15, -0.1) is 0 Å². The Hall–Kier alpha value is -2.63. The molecule has 0 spiro atoms. The highest BCUT2D eigenvalue weighted by atomic mass is 16.2. The third kappa shape index (κ3) is 3.11. The number of aromatic amines is 1. The van der Waals surface area contributed by atoms with Gasteiger partial charge in [-0.2, -0.15) is 5.10 Å². The van der Waals surface area contributed by atoms with Gasteiger partial charge in [0.15, 0.2) is 5.69 Å². The molecule has 1 fully saturated rings. The summed E-state index contributed by atoms with van der Waals surface area (Å²) >= 11 is 0. The van der Waals surface area contributed by atoms with Crippen LogP contribution in [0.1, 0.15) is 45.4 Å². The van der Waals surface area contributed by atoms with Crippen molar-refractivity contribution in [2.45, 2.75) is 26.2 Å². The van der Waals surface area contributed by atoms with Crippen molar-refractivity contribution in [2.75, 3.05) is 26.2 Å². The number of benzene rings is 1. The third-order valence-electron chi connectivity index (χ3n) is 5.47. The molecular weight excluding hydrogens is 328 g/mol. The number of carbonyl (C=O) groups is 2. The number of aromatic nitrogens is 2. The molecule has 6 nitrogen and oxygen atoms in total. The van der Waals surface area contributed by atoms with E-state index in [1.807, 2.05) is 40.1 Å². The van der Waals surface area contributed by atoms with Crippen LogP contribution in [0.25, 0.3) is 0 Å². The summed E-state index contributed by atoms with van der Waals surface area (Å²) < 4.78 is 0. The molecule has 1 atom stereocenters. The predicted octanol–water partition coefficient (Wildman–Crippen LogP) is 2.13. The minimum absolute atomic E-state index is 0.0107. The van der Waals surface area contributed by atoms with Crippen molar-refractivity contribution >= 4 is 11.8 Å². The van der Waals surface area contributed by atoms with Gasteiger partial charge in [-0.25, -0.2) is 0 Å². The monoisotopic (exact) mass is 352 g/mol. The fourth-order valence-electron chi connectivity index (χ4n) is 3.87. The van der Waals surface area contributed by atoms with Gasteiger partial charge in [0.2, 0.25) is 0 Å². The molecule has 1 aliphatic carbocycles. The van der Waals surface area contributed by atoms with E-state index in [2.05, 4.69) is 17.1 Å². The molecule has 2 amide bonds. The summed E-state index contributed by atoms with van der Waals surface area (Å²) in [5.74, 6) is 0.610. The molecule has 0 radical (unpaired) electrons. The highest BCUT2D eigenvalue weighted by molar-refractivity contribution is 5.96. The van der Waals surface area contributed by atoms with Crippen LogP contribution in [-0.2, 0) is 12.8 Å². The standard InChI is InChI=1S/C20H24N4O2/c1-14-7-8-17-16(13-14)18(22-21-17)20(26)24-11-9-23(10-12-24)19(25)15-5-3-2-4-6-15/h2-6,14H,7-13H2,1H3,(H,21,22)/t14-/m1/s1. The number of rotatable bonds is 2. The lowest BCUT2D eigenvalue weighted by Crippen LogP contribution is -2.50. The van der Waals surface area contributed by atoms with E-state index in [4.69, 9.17) is 0 Å². The first-order chi connectivity index (χ1) is 12.6. The summed E-state index contributed by atoms with van der Waals surface area (Å²) in [5, 5.41) is 7.37. The van der Waals surface area contributed by atoms with E-state index >= 15 is 0 Å². The zero-order valence-electron chi connectivity index (χ0n) is 15.1. The van der Waals surface area contributed by atoms with Crippen LogP contribution in [-0.4, -0.2) is 58.0 Å². The maximum absolute atomic E-state index is 12.9. The number of hydrogen-bond acceptors (Lipinski definition) is 3. The quantitative estimate of drug-likeness (QED) is 0.900. The number of piperazine rings is 1. The van der Waals surface area contributed by atoms with Crippen molar-refractivity contribution < 1.29 is 9.59 Å². The van der Waals surface area contributed by atoms with E-state index in [-0.39, 0.29) is 11.8 Å². The van der Waals surface area contributed by atoms with Crippen molar-refractivity contribution in [3.05, 3.63) is 52.8 Å². The predicted molar refractivity (Wildman–Crippen MR) is 98.0 cm³/mol. The Morgan fingerprint density at radius 1 is 1.04 bits per heavy atom. The number of nitrogens with one attached hydrogen (secondary N) is 1. The van der Waals surface area contributed by atoms with Gasteiger partial charge in [0.1, 0.15) is 0 Å². The Morgan fingerprint density at radius 2 is 1.69 bits per heavy atom. The number of H-pyrrole nitrogens is 1. The average molecular weight is 352 g/mol. The van der Waals surface area contributed by atoms with Crippen LogP contribution in [0.15, 0.2) is 30.3 Å². The van der Waals surface area contributed by atoms with Gasteiger partial charge in [0, 0.05) is 43.0 Å². The van der Waals surface area contributed by atoms with Crippen molar-refractivity contribution in [2.24, 2.45) is 5.92 Å². The van der Waals surface area contributed by atoms with Gasteiger partial charge in [0.25, 0.3) is 11.8 Å². The SMILES string of the molecule is C[C@@H]1CCc2[nH]nc(C(=O)N3CCN(C(=O)c4ccccc4)CC3)c2C1. The molecule has 1 N–H and O–H groups in total. The fraction of sp³-hybridized carbons (Fsp3) is 0.450. The van der Waals surface area contributed by atoms with Crippen LogP contribution in [0.5, 0.6) is 0 Å². The van der Waals surface area contributed by atoms with E-state index in [1.54, 1.807) is 0 Å². The Balaban J connectivity index is 1.42. The molecule has 2 aliphatic rings. The number of hydrogen-bond donors (Lipinski definition) is 1. The Morgan fingerprint density at radius 3 is 2.38 bits per heavy atom. The van der Waals surface area contributed by atoms with Crippen molar-refractivity contribution in [3.63, 3.8) is 0 Å². The molecular formula is C20H24N4O2. The molecule has 6 heteroatoms. The summed E-state index contributed by atoms with van der Waals surface area (Å²) in [6.07, 6.45) is 3.03. The highest BCUT2D eigenvalue weighted by Gasteiger charge is 2.30. The van der Waals surface area contributed by atoms with E-state index in [0.717, 1.165) is 30.5 Å². The fourth-order valence-corrected chi connectivity index (χ4v) is 3.87. The lowest BCUT2D eigenvalue weighted by Gasteiger charge is -2.34. The number of amides is 2. The maximum atomic E-state index is 12.9. The van der Waals surface area contributed by atoms with E-state index in [0.29, 0.717) is 43.4 Å². The second kappa shape index (κ2) is 6.94. The Labute approximate surface area is 153 Å². The van der Waals surface area contributed by atoms with Crippen molar-refractivity contribution in [1.29, 1.82) is 0 Å². The van der Waals surface area contributed by atoms with Gasteiger partial charge in [-0.3, -0.25) is 14.7 Å². The largest absolute Gasteiger partial charge is 0.335 e. The second-order valence-electron chi connectivity index (χ2n) is 7.33. The molecule has 1 aromatic carbocycles. The molecule has 0 unspecified atom stereocenters. The molecule has 2 heterocycles. The molecule has 1 aromatic heterocycles. The van der Waals surface area contributed by atoms with Gasteiger partial charge in [-0.1, -0.05) is 25.1 Å². The summed E-state index contributed by atoms with van der Waals surface area (Å²) in [5.41, 5.74) is 3.48. The molecule has 26 heavy (non-hydrogen) atoms. The van der Waals surface area contributed by atoms with Gasteiger partial charge >= 0.3 is 0 Å². The van der Waals surface area contributed by atoms with Crippen LogP contribution in [0.2, 0.25) is 0 Å². The second-order valence-corrected chi connectivity index (χ2v) is 7.33. The Kier molecular flexibility index (Phi) is 4.49. The summed E-state index contributed by atoms with van der Waals surface area (Å²) in [7, 11) is 0. The minimum Gasteiger partial charge on any atom is -0.335 e. The van der Waals surface area contributed by atoms with Crippen LogP contribution in [0.4, 0.5) is 0 Å². The smallest absolute Gasteiger partial charge is 0.274 e. The lowest BCUT2D eigenvalue weighted by atomic mass is 9.87. The number of aryl methyl sites for hydroxylation is 1. The number of nitrogens with zero attached hydrogens (tertiary/aromatic N) is 3. The van der Waals surface area contributed by atoms with Gasteiger partial charge < -0.3 is 9.80 Å². The van der Waals surface area contributed by atoms with E-state index in [1.165, 1.54) is 0 Å². The first-order valence-electron chi connectivity index (χ1n) is 9.33. The first-order valence-corrected chi connectivity index (χ1v) is 9.33. The molecule has 2 aromatic rings. The van der Waals surface area contributed by atoms with Gasteiger partial charge in [0.05, 0.1) is 0 Å². The normalized spacial score (nSPS) is 20.0. The van der Waals surface area contributed by atoms with Crippen LogP contribution in [0.3, 0.4) is 0 Å². The molecule has 4 rings (SSSR count). The van der Waals surface area contributed by atoms with E-state index in [9.17, 15) is 9.59 Å². The first kappa shape index (κ1) is 16.8. The molecule has 136 valence electrons. The molecule has 0 bridgehead atoms. The topological polar surface area (TPSA) is 69.3 Å². The van der Waals surface area contributed by atoms with Crippen LogP contribution >= 0.6 is 0 Å². The number of carbonyl (C=O) groups excluding carboxylic acids is 2. The van der Waals surface area contributed by atoms with E-state index < -0.39 is 0 Å². The summed E-state index contributed by atoms with van der Waals surface area (Å²) in [6, 6.07) is 9.30. The zero-order chi connectivity index (χ0) is 18.1. The van der Waals surface area contributed by atoms with Crippen LogP contribution < -0.4 is 0 Å². The maximum Gasteiger partial charge on any atom is 0.274 e. The Bertz CT molecular complexity index is 806. The van der Waals surface area contributed by atoms with Crippen molar-refractivity contribution in [1.82, 2.24) is 20.0 Å². The van der Waals surface area contributed by atoms with Crippen molar-refractivity contribution in [3.8, 4) is 0 Å². The zero-order valence-corrected chi connectivity index (χ0v) is 15.1. The van der Waals surface area contributed by atoms with Gasteiger partial charge in [-0.05, 0) is 37.3 Å². The molecule has 1 aliphatic heterocycles. The van der Waals surface area contributed by atoms with Crippen LogP contribution in [0, 0.1) is 5.92 Å². The summed E-state index contributed by atoms with van der Waals surface area (Å²) in [6.45, 7) is 4.44. The third-order valence-corrected chi connectivity index (χ3v) is 5.47. The molecule has 0 saturated carbocycles. The highest BCUT2D eigenvalue weighted by Crippen LogP contribution is 2.27.